The molecule has 1 N–H and O–H groups in total. The molecule has 2 rings (SSSR count). The van der Waals surface area contributed by atoms with E-state index in [1.165, 1.54) is 30.3 Å². The van der Waals surface area contributed by atoms with Crippen LogP contribution in [-0.2, 0) is 10.0 Å². The molecule has 0 radical (unpaired) electrons. The molecule has 0 aromatic heterocycles. The number of halogens is 3. The normalized spacial score (nSPS) is 11.3. The Bertz CT molecular complexity index is 699. The molecule has 0 spiro atoms. The van der Waals surface area contributed by atoms with Crippen LogP contribution in [0.25, 0.3) is 0 Å². The molecule has 7 heteroatoms. The zero-order valence-corrected chi connectivity index (χ0v) is 12.5. The maximum Gasteiger partial charge on any atom is 0.261 e. The van der Waals surface area contributed by atoms with Gasteiger partial charge in [-0.05, 0) is 36.4 Å². The molecule has 0 bridgehead atoms. The Morgan fingerprint density at radius 3 is 2.16 bits per heavy atom. The number of nitrogens with one attached hydrogen (secondary N) is 1. The number of anilines is 1. The minimum Gasteiger partial charge on any atom is -0.278 e. The van der Waals surface area contributed by atoms with Gasteiger partial charge in [0.2, 0.25) is 0 Å². The first-order valence-corrected chi connectivity index (χ1v) is 7.74. The lowest BCUT2D eigenvalue weighted by Crippen LogP contribution is -2.13. The van der Waals surface area contributed by atoms with E-state index < -0.39 is 10.0 Å². The topological polar surface area (TPSA) is 46.2 Å². The van der Waals surface area contributed by atoms with Crippen LogP contribution in [0.15, 0.2) is 47.4 Å². The van der Waals surface area contributed by atoms with Gasteiger partial charge in [0.15, 0.2) is 0 Å². The van der Waals surface area contributed by atoms with E-state index in [4.69, 9.17) is 34.8 Å². The van der Waals surface area contributed by atoms with Crippen LogP contribution >= 0.6 is 34.8 Å². The van der Waals surface area contributed by atoms with Gasteiger partial charge in [-0.2, -0.15) is 0 Å². The van der Waals surface area contributed by atoms with Crippen molar-refractivity contribution in [3.63, 3.8) is 0 Å². The summed E-state index contributed by atoms with van der Waals surface area (Å²) in [6, 6.07) is 10.5. The summed E-state index contributed by atoms with van der Waals surface area (Å²) in [5, 5.41) is 0.888. The summed E-state index contributed by atoms with van der Waals surface area (Å²) in [7, 11) is -3.72. The molecule has 19 heavy (non-hydrogen) atoms. The fourth-order valence-electron chi connectivity index (χ4n) is 1.40. The Balaban J connectivity index is 2.36. The molecule has 0 aliphatic carbocycles. The minimum atomic E-state index is -3.72. The van der Waals surface area contributed by atoms with Crippen LogP contribution in [0.3, 0.4) is 0 Å². The van der Waals surface area contributed by atoms with Gasteiger partial charge in [0.05, 0.1) is 20.6 Å². The van der Waals surface area contributed by atoms with Gasteiger partial charge < -0.3 is 0 Å². The van der Waals surface area contributed by atoms with E-state index in [0.717, 1.165) is 0 Å². The average molecular weight is 337 g/mol. The average Bonchev–Trinajstić information content (AvgIpc) is 2.35. The molecule has 0 aliphatic heterocycles. The van der Waals surface area contributed by atoms with Crippen LogP contribution in [-0.4, -0.2) is 8.42 Å². The zero-order chi connectivity index (χ0) is 14.0. The molecule has 0 amide bonds. The molecule has 0 saturated carbocycles. The molecule has 2 aromatic carbocycles. The van der Waals surface area contributed by atoms with Gasteiger partial charge in [-0.25, -0.2) is 8.42 Å². The van der Waals surface area contributed by atoms with Gasteiger partial charge in [0.25, 0.3) is 10.0 Å². The molecule has 3 nitrogen and oxygen atoms in total. The smallest absolute Gasteiger partial charge is 0.261 e. The molecule has 100 valence electrons. The Morgan fingerprint density at radius 2 is 1.53 bits per heavy atom. The van der Waals surface area contributed by atoms with Gasteiger partial charge in [0.1, 0.15) is 0 Å². The predicted octanol–water partition coefficient (Wildman–Crippen LogP) is 4.45. The molecule has 0 saturated heterocycles. The van der Waals surface area contributed by atoms with Crippen molar-refractivity contribution in [3.8, 4) is 0 Å². The van der Waals surface area contributed by atoms with Gasteiger partial charge >= 0.3 is 0 Å². The zero-order valence-electron chi connectivity index (χ0n) is 9.40. The number of hydrogen-bond acceptors (Lipinski definition) is 2. The molecule has 0 fully saturated rings. The second-order valence-electron chi connectivity index (χ2n) is 3.66. The lowest BCUT2D eigenvalue weighted by atomic mass is 10.3. The van der Waals surface area contributed by atoms with Crippen LogP contribution in [0, 0.1) is 0 Å². The molecule has 2 aromatic rings. The van der Waals surface area contributed by atoms with Crippen molar-refractivity contribution in [2.45, 2.75) is 4.90 Å². The van der Waals surface area contributed by atoms with Crippen LogP contribution in [0.5, 0.6) is 0 Å². The van der Waals surface area contributed by atoms with Crippen molar-refractivity contribution < 1.29 is 8.42 Å². The van der Waals surface area contributed by atoms with Crippen molar-refractivity contribution in [2.75, 3.05) is 4.72 Å². The summed E-state index contributed by atoms with van der Waals surface area (Å²) in [5.41, 5.74) is 0.226. The fourth-order valence-corrected chi connectivity index (χ4v) is 3.00. The molecular formula is C12H8Cl3NO2S. The number of sulfonamides is 1. The van der Waals surface area contributed by atoms with Crippen LogP contribution < -0.4 is 4.72 Å². The summed E-state index contributed by atoms with van der Waals surface area (Å²) in [6.07, 6.45) is 0. The third kappa shape index (κ3) is 3.34. The quantitative estimate of drug-likeness (QED) is 0.900. The molecule has 0 aliphatic rings. The number of hydrogen-bond donors (Lipinski definition) is 1. The van der Waals surface area contributed by atoms with Crippen LogP contribution in [0.1, 0.15) is 0 Å². The first-order chi connectivity index (χ1) is 8.90. The Labute approximate surface area is 126 Å². The highest BCUT2D eigenvalue weighted by Gasteiger charge is 2.16. The van der Waals surface area contributed by atoms with Gasteiger partial charge in [-0.3, -0.25) is 4.72 Å². The second kappa shape index (κ2) is 5.59. The molecule has 0 atom stereocenters. The lowest BCUT2D eigenvalue weighted by Gasteiger charge is -2.10. The van der Waals surface area contributed by atoms with Gasteiger partial charge in [-0.1, -0.05) is 40.9 Å². The van der Waals surface area contributed by atoms with E-state index >= 15 is 0 Å². The SMILES string of the molecule is O=S(=O)(Nc1cccc(Cl)c1Cl)c1ccc(Cl)cc1. The first kappa shape index (κ1) is 14.5. The largest absolute Gasteiger partial charge is 0.278 e. The molecular weight excluding hydrogens is 329 g/mol. The third-order valence-corrected chi connectivity index (χ3v) is 4.77. The van der Waals surface area contributed by atoms with E-state index in [0.29, 0.717) is 5.02 Å². The van der Waals surface area contributed by atoms with E-state index in [-0.39, 0.29) is 20.6 Å². The van der Waals surface area contributed by atoms with E-state index in [9.17, 15) is 8.42 Å². The van der Waals surface area contributed by atoms with Crippen LogP contribution in [0.2, 0.25) is 15.1 Å². The Morgan fingerprint density at radius 1 is 0.895 bits per heavy atom. The summed E-state index contributed by atoms with van der Waals surface area (Å²) in [5.74, 6) is 0. The van der Waals surface area contributed by atoms with Crippen molar-refractivity contribution in [1.29, 1.82) is 0 Å². The maximum absolute atomic E-state index is 12.1. The third-order valence-electron chi connectivity index (χ3n) is 2.32. The van der Waals surface area contributed by atoms with Crippen molar-refractivity contribution in [3.05, 3.63) is 57.5 Å². The number of benzene rings is 2. The lowest BCUT2D eigenvalue weighted by molar-refractivity contribution is 0.601. The minimum absolute atomic E-state index is 0.0907. The monoisotopic (exact) mass is 335 g/mol. The summed E-state index contributed by atoms with van der Waals surface area (Å²) in [6.45, 7) is 0. The van der Waals surface area contributed by atoms with Crippen molar-refractivity contribution >= 4 is 50.5 Å². The van der Waals surface area contributed by atoms with Crippen molar-refractivity contribution in [1.82, 2.24) is 0 Å². The van der Waals surface area contributed by atoms with Crippen molar-refractivity contribution in [2.24, 2.45) is 0 Å². The summed E-state index contributed by atoms with van der Waals surface area (Å²) >= 11 is 17.5. The van der Waals surface area contributed by atoms with Gasteiger partial charge in [-0.15, -0.1) is 0 Å². The number of rotatable bonds is 3. The highest BCUT2D eigenvalue weighted by atomic mass is 35.5. The Hall–Kier alpha value is -0.940. The molecule has 0 heterocycles. The fraction of sp³-hybridized carbons (Fsp3) is 0. The van der Waals surface area contributed by atoms with Crippen LogP contribution in [0.4, 0.5) is 5.69 Å². The maximum atomic E-state index is 12.1. The summed E-state index contributed by atoms with van der Waals surface area (Å²) < 4.78 is 26.6. The van der Waals surface area contributed by atoms with E-state index in [1.807, 2.05) is 0 Å². The Kier molecular flexibility index (Phi) is 4.26. The van der Waals surface area contributed by atoms with E-state index in [1.54, 1.807) is 12.1 Å². The summed E-state index contributed by atoms with van der Waals surface area (Å²) in [4.78, 5) is 0.0907. The highest BCUT2D eigenvalue weighted by Crippen LogP contribution is 2.31. The standard InChI is InChI=1S/C12H8Cl3NO2S/c13-8-4-6-9(7-5-8)19(17,18)16-11-3-1-2-10(14)12(11)15/h1-7,16H. The van der Waals surface area contributed by atoms with Gasteiger partial charge in [0, 0.05) is 5.02 Å². The predicted molar refractivity (Wildman–Crippen MR) is 78.7 cm³/mol. The first-order valence-electron chi connectivity index (χ1n) is 5.12. The highest BCUT2D eigenvalue weighted by molar-refractivity contribution is 7.92. The molecule has 0 unspecified atom stereocenters. The van der Waals surface area contributed by atoms with E-state index in [2.05, 4.69) is 4.72 Å². The second-order valence-corrected chi connectivity index (χ2v) is 6.56.